The summed E-state index contributed by atoms with van der Waals surface area (Å²) < 4.78 is 142. The Labute approximate surface area is 439 Å². The number of hydrogen-bond acceptors (Lipinski definition) is 23. The molecule has 2 atom stereocenters. The van der Waals surface area contributed by atoms with Crippen LogP contribution in [0.2, 0.25) is 0 Å². The van der Waals surface area contributed by atoms with E-state index in [1.165, 1.54) is 50.2 Å². The van der Waals surface area contributed by atoms with Crippen LogP contribution in [0.25, 0.3) is 34.9 Å². The first-order valence-electron chi connectivity index (χ1n) is 19.0. The molecule has 6 aromatic rings. The number of benzene rings is 4. The zero-order chi connectivity index (χ0) is 49.1. The quantitative estimate of drug-likeness (QED) is 0.0175. The molecule has 31 heteroatoms. The molecule has 25 nitrogen and oxygen atoms in total. The van der Waals surface area contributed by atoms with Crippen molar-refractivity contribution in [1.29, 1.82) is 0 Å². The van der Waals surface area contributed by atoms with Crippen LogP contribution in [0.5, 0.6) is 0 Å². The number of hydrogen-bond donors (Lipinski definition) is 9. The maximum Gasteiger partial charge on any atom is 1.00 e. The second-order valence-corrected chi connectivity index (χ2v) is 19.8. The van der Waals surface area contributed by atoms with Crippen LogP contribution in [-0.4, -0.2) is 117 Å². The SMILES string of the molecule is CC(O)CNc1nc(Nc2cccc(S(=O)(=O)O)c2)nc(-c2ccc(C=Cc3c(N)cc(-c4nc(NCC(C)O)nc(Nc5cccc(S(=O)(=O)O)c5)n4)cc3S(=O)(=O)[O-])c(S(=O)(=O)[O-])c2)n1.[Na+].[Na+]. The van der Waals surface area contributed by atoms with E-state index < -0.39 is 77.8 Å². The molecule has 10 N–H and O–H groups in total. The van der Waals surface area contributed by atoms with Gasteiger partial charge in [-0.3, -0.25) is 9.11 Å². The van der Waals surface area contributed by atoms with Crippen LogP contribution in [0.15, 0.2) is 98.4 Å². The van der Waals surface area contributed by atoms with Gasteiger partial charge in [0.1, 0.15) is 20.2 Å². The molecule has 4 aromatic carbocycles. The Bertz CT molecular complexity index is 3370. The summed E-state index contributed by atoms with van der Waals surface area (Å²) >= 11 is 0. The fourth-order valence-corrected chi connectivity index (χ4v) is 8.32. The van der Waals surface area contributed by atoms with E-state index in [9.17, 15) is 62.1 Å². The van der Waals surface area contributed by atoms with Gasteiger partial charge < -0.3 is 46.3 Å². The van der Waals surface area contributed by atoms with E-state index in [-0.39, 0.29) is 141 Å². The number of aliphatic hydroxyl groups excluding tert-OH is 2. The minimum Gasteiger partial charge on any atom is -0.744 e. The van der Waals surface area contributed by atoms with Crippen LogP contribution < -0.4 is 86.1 Å². The van der Waals surface area contributed by atoms with Crippen molar-refractivity contribution in [2.75, 3.05) is 40.1 Å². The van der Waals surface area contributed by atoms with Gasteiger partial charge in [-0.05, 0) is 74.0 Å². The summed E-state index contributed by atoms with van der Waals surface area (Å²) in [5.74, 6) is -1.32. The minimum absolute atomic E-state index is 0. The largest absolute Gasteiger partial charge is 1.00 e. The summed E-state index contributed by atoms with van der Waals surface area (Å²) in [4.78, 5) is 22.7. The van der Waals surface area contributed by atoms with Crippen LogP contribution in [-0.2, 0) is 40.5 Å². The van der Waals surface area contributed by atoms with Gasteiger partial charge >= 0.3 is 59.1 Å². The fraction of sp³-hybridized carbons (Fsp3) is 0.158. The molecule has 0 aliphatic carbocycles. The molecule has 2 heterocycles. The van der Waals surface area contributed by atoms with Crippen LogP contribution in [0.4, 0.5) is 40.9 Å². The summed E-state index contributed by atoms with van der Waals surface area (Å²) in [7, 11) is -20.0. The minimum atomic E-state index is -5.40. The van der Waals surface area contributed by atoms with Crippen molar-refractivity contribution in [3.8, 4) is 22.8 Å². The third kappa shape index (κ3) is 15.6. The number of aromatic nitrogens is 6. The van der Waals surface area contributed by atoms with Gasteiger partial charge in [0.15, 0.2) is 11.6 Å². The van der Waals surface area contributed by atoms with E-state index in [1.54, 1.807) is 0 Å². The van der Waals surface area contributed by atoms with E-state index in [0.717, 1.165) is 54.6 Å². The van der Waals surface area contributed by atoms with Crippen molar-refractivity contribution >= 4 is 93.5 Å². The molecule has 0 radical (unpaired) electrons. The molecule has 6 rings (SSSR count). The molecule has 0 amide bonds. The molecular weight excluding hydrogens is 1010 g/mol. The van der Waals surface area contributed by atoms with Gasteiger partial charge in [-0.25, -0.2) is 16.8 Å². The molecule has 0 aliphatic rings. The van der Waals surface area contributed by atoms with Gasteiger partial charge in [-0.1, -0.05) is 36.4 Å². The zero-order valence-corrected chi connectivity index (χ0v) is 43.8. The van der Waals surface area contributed by atoms with E-state index >= 15 is 0 Å². The Balaban J connectivity index is 0.00000518. The van der Waals surface area contributed by atoms with Gasteiger partial charge in [0.05, 0.1) is 31.8 Å². The first kappa shape index (κ1) is 56.8. The first-order valence-corrected chi connectivity index (χ1v) is 24.7. The third-order valence-corrected chi connectivity index (χ3v) is 12.3. The Morgan fingerprint density at radius 1 is 0.580 bits per heavy atom. The van der Waals surface area contributed by atoms with Crippen LogP contribution in [0.1, 0.15) is 25.0 Å². The van der Waals surface area contributed by atoms with Crippen molar-refractivity contribution in [2.24, 2.45) is 0 Å². The van der Waals surface area contributed by atoms with E-state index in [0.29, 0.717) is 0 Å². The van der Waals surface area contributed by atoms with E-state index in [4.69, 9.17) is 5.73 Å². The van der Waals surface area contributed by atoms with Crippen molar-refractivity contribution in [2.45, 2.75) is 45.6 Å². The Hall–Kier alpha value is -4.80. The molecule has 2 unspecified atom stereocenters. The molecule has 0 saturated heterocycles. The molecule has 69 heavy (non-hydrogen) atoms. The molecule has 354 valence electrons. The monoisotopic (exact) mass is 1050 g/mol. The number of anilines is 7. The van der Waals surface area contributed by atoms with Gasteiger partial charge in [-0.15, -0.1) is 0 Å². The predicted molar refractivity (Wildman–Crippen MR) is 239 cm³/mol. The summed E-state index contributed by atoms with van der Waals surface area (Å²) in [6.07, 6.45) is 0.199. The number of rotatable bonds is 18. The zero-order valence-electron chi connectivity index (χ0n) is 36.5. The molecule has 0 bridgehead atoms. The predicted octanol–water partition coefficient (Wildman–Crippen LogP) is -3.47. The van der Waals surface area contributed by atoms with Crippen LogP contribution >= 0.6 is 0 Å². The number of nitrogens with two attached hydrogens (primary N) is 1. The average Bonchev–Trinajstić information content (AvgIpc) is 3.23. The average molecular weight is 1050 g/mol. The standard InChI is InChI=1S/C38H39N11O14S4.2Na/c1-20(50)18-40-35-44-33(46-37(48-35)42-25-5-3-7-27(16-25)64(52,53)54)23-10-9-22(31(14-23)66(58,59)60)11-12-29-30(39)13-24(15-32(29)67(61,62)63)34-45-36(41-19-21(2)51)49-38(47-34)43-26-6-4-8-28(17-26)65(55,56)57;;/h3-17,20-21,50-51H,18-19,39H2,1-2H3,(H,52,53,54)(H,55,56,57)(H,58,59,60)(H,61,62,63)(H2,40,42,44,46,48)(H2,41,43,45,47,49);;/q;2*+1/p-2. The number of nitrogens with zero attached hydrogens (tertiary/aromatic N) is 6. The number of aliphatic hydroxyl groups is 2. The molecule has 0 spiro atoms. The summed E-state index contributed by atoms with van der Waals surface area (Å²) in [6.45, 7) is 2.77. The maximum atomic E-state index is 12.8. The summed E-state index contributed by atoms with van der Waals surface area (Å²) in [5, 5.41) is 30.7. The van der Waals surface area contributed by atoms with Crippen LogP contribution in [0, 0.1) is 0 Å². The fourth-order valence-electron chi connectivity index (χ4n) is 5.85. The number of nitrogen functional groups attached to an aromatic ring is 1. The maximum absolute atomic E-state index is 12.8. The Morgan fingerprint density at radius 2 is 1.01 bits per heavy atom. The van der Waals surface area contributed by atoms with Crippen molar-refractivity contribution in [3.63, 3.8) is 0 Å². The summed E-state index contributed by atoms with van der Waals surface area (Å²) in [5.41, 5.74) is 5.14. The third-order valence-electron chi connectivity index (χ3n) is 8.83. The first-order chi connectivity index (χ1) is 31.2. The number of nitrogens with one attached hydrogen (secondary N) is 4. The molecule has 2 aromatic heterocycles. The van der Waals surface area contributed by atoms with E-state index in [1.807, 2.05) is 0 Å². The normalized spacial score (nSPS) is 12.9. The molecule has 0 aliphatic heterocycles. The van der Waals surface area contributed by atoms with Crippen molar-refractivity contribution in [1.82, 2.24) is 29.9 Å². The van der Waals surface area contributed by atoms with Gasteiger partial charge in [0.2, 0.25) is 23.8 Å². The summed E-state index contributed by atoms with van der Waals surface area (Å²) in [6, 6.07) is 15.2. The molecular formula is C38H37N11Na2O14S4. The van der Waals surface area contributed by atoms with Gasteiger partial charge in [0.25, 0.3) is 20.2 Å². The molecule has 0 saturated carbocycles. The van der Waals surface area contributed by atoms with Gasteiger partial charge in [-0.2, -0.15) is 46.7 Å². The van der Waals surface area contributed by atoms with Gasteiger partial charge in [0, 0.05) is 46.8 Å². The van der Waals surface area contributed by atoms with E-state index in [2.05, 4.69) is 51.2 Å². The van der Waals surface area contributed by atoms with Crippen molar-refractivity contribution < 1.29 is 121 Å². The van der Waals surface area contributed by atoms with Crippen LogP contribution in [0.3, 0.4) is 0 Å². The Morgan fingerprint density at radius 3 is 1.45 bits per heavy atom. The topological polar surface area (TPSA) is 415 Å². The second-order valence-electron chi connectivity index (χ2n) is 14.3. The van der Waals surface area contributed by atoms with Crippen molar-refractivity contribution in [3.05, 3.63) is 90.0 Å². The smallest absolute Gasteiger partial charge is 0.744 e. The Kier molecular flexibility index (Phi) is 18.9. The molecule has 0 fully saturated rings. The second kappa shape index (κ2) is 23.0.